The first-order chi connectivity index (χ1) is 18.5. The monoisotopic (exact) mass is 531 g/mol. The van der Waals surface area contributed by atoms with Crippen LogP contribution in [0.25, 0.3) is 0 Å². The van der Waals surface area contributed by atoms with Crippen molar-refractivity contribution in [3.63, 3.8) is 0 Å². The molecule has 0 unspecified atom stereocenters. The third-order valence-electron chi connectivity index (χ3n) is 6.25. The number of hydrogen-bond acceptors (Lipinski definition) is 7. The molecule has 1 atom stereocenters. The van der Waals surface area contributed by atoms with Crippen LogP contribution in [0.5, 0.6) is 11.5 Å². The van der Waals surface area contributed by atoms with E-state index in [2.05, 4.69) is 26.1 Å². The van der Waals surface area contributed by atoms with E-state index in [0.717, 1.165) is 0 Å². The molecule has 1 fully saturated rings. The van der Waals surface area contributed by atoms with Crippen LogP contribution >= 0.6 is 0 Å². The number of ether oxygens (including phenoxy) is 2. The van der Waals surface area contributed by atoms with Gasteiger partial charge in [0.15, 0.2) is 6.61 Å². The van der Waals surface area contributed by atoms with Crippen LogP contribution in [0, 0.1) is 16.0 Å². The van der Waals surface area contributed by atoms with E-state index in [1.807, 2.05) is 24.3 Å². The van der Waals surface area contributed by atoms with Gasteiger partial charge in [0.25, 0.3) is 11.6 Å². The topological polar surface area (TPSA) is 128 Å². The number of carbonyl (C=O) groups is 3. The minimum Gasteiger partial charge on any atom is -0.457 e. The van der Waals surface area contributed by atoms with Crippen molar-refractivity contribution < 1.29 is 28.8 Å². The lowest BCUT2D eigenvalue weighted by atomic mass is 9.87. The van der Waals surface area contributed by atoms with Gasteiger partial charge in [0, 0.05) is 36.5 Å². The summed E-state index contributed by atoms with van der Waals surface area (Å²) in [5.74, 6) is -0.956. The summed E-state index contributed by atoms with van der Waals surface area (Å²) < 4.78 is 11.0. The molecule has 0 aliphatic carbocycles. The normalized spacial score (nSPS) is 15.1. The molecule has 0 aromatic heterocycles. The summed E-state index contributed by atoms with van der Waals surface area (Å²) in [4.78, 5) is 49.0. The fourth-order valence-electron chi connectivity index (χ4n) is 4.12. The lowest BCUT2D eigenvalue weighted by molar-refractivity contribution is -0.384. The molecular formula is C29H29N3O7. The summed E-state index contributed by atoms with van der Waals surface area (Å²) in [6.07, 6.45) is -0.0380. The highest BCUT2D eigenvalue weighted by atomic mass is 16.6. The first-order valence-corrected chi connectivity index (χ1v) is 12.4. The number of nitrogens with one attached hydrogen (secondary N) is 1. The average molecular weight is 532 g/mol. The zero-order valence-electron chi connectivity index (χ0n) is 21.9. The number of amides is 2. The molecule has 1 saturated heterocycles. The number of anilines is 2. The van der Waals surface area contributed by atoms with Crippen molar-refractivity contribution in [1.82, 2.24) is 0 Å². The largest absolute Gasteiger partial charge is 0.457 e. The zero-order valence-corrected chi connectivity index (χ0v) is 21.9. The van der Waals surface area contributed by atoms with Crippen LogP contribution in [-0.4, -0.2) is 35.9 Å². The molecule has 10 nitrogen and oxygen atoms in total. The van der Waals surface area contributed by atoms with Crippen molar-refractivity contribution >= 4 is 34.8 Å². The van der Waals surface area contributed by atoms with E-state index in [0.29, 0.717) is 17.2 Å². The fourth-order valence-corrected chi connectivity index (χ4v) is 4.12. The molecule has 1 N–H and O–H groups in total. The maximum absolute atomic E-state index is 12.6. The average Bonchev–Trinajstić information content (AvgIpc) is 3.29. The predicted molar refractivity (Wildman–Crippen MR) is 145 cm³/mol. The Morgan fingerprint density at radius 1 is 1.03 bits per heavy atom. The number of carbonyl (C=O) groups excluding carboxylic acids is 3. The predicted octanol–water partition coefficient (Wildman–Crippen LogP) is 5.22. The Balaban J connectivity index is 1.29. The lowest BCUT2D eigenvalue weighted by Gasteiger charge is -2.19. The van der Waals surface area contributed by atoms with E-state index >= 15 is 0 Å². The summed E-state index contributed by atoms with van der Waals surface area (Å²) in [6, 6.07) is 20.3. The van der Waals surface area contributed by atoms with Crippen molar-refractivity contribution in [2.45, 2.75) is 32.6 Å². The van der Waals surface area contributed by atoms with E-state index in [-0.39, 0.29) is 35.7 Å². The second kappa shape index (κ2) is 11.3. The zero-order chi connectivity index (χ0) is 28.2. The van der Waals surface area contributed by atoms with Crippen LogP contribution in [0.4, 0.5) is 17.1 Å². The summed E-state index contributed by atoms with van der Waals surface area (Å²) in [5.41, 5.74) is 1.90. The van der Waals surface area contributed by atoms with Gasteiger partial charge in [-0.1, -0.05) is 39.0 Å². The van der Waals surface area contributed by atoms with Crippen LogP contribution in [0.1, 0.15) is 32.8 Å². The molecule has 0 bridgehead atoms. The molecule has 10 heteroatoms. The number of hydrogen-bond donors (Lipinski definition) is 1. The van der Waals surface area contributed by atoms with Gasteiger partial charge in [-0.15, -0.1) is 0 Å². The minimum atomic E-state index is -0.722. The van der Waals surface area contributed by atoms with Gasteiger partial charge in [-0.25, -0.2) is 0 Å². The van der Waals surface area contributed by atoms with Crippen LogP contribution in [0.2, 0.25) is 0 Å². The minimum absolute atomic E-state index is 0.0380. The number of nitro benzene ring substituents is 1. The molecule has 3 aromatic rings. The number of nitrogens with zero attached hydrogens (tertiary/aromatic N) is 2. The van der Waals surface area contributed by atoms with E-state index in [9.17, 15) is 24.5 Å². The maximum atomic E-state index is 12.6. The highest BCUT2D eigenvalue weighted by Gasteiger charge is 2.36. The fraction of sp³-hybridized carbons (Fsp3) is 0.276. The molecule has 202 valence electrons. The quantitative estimate of drug-likeness (QED) is 0.240. The van der Waals surface area contributed by atoms with Gasteiger partial charge in [0.1, 0.15) is 11.5 Å². The Labute approximate surface area is 225 Å². The maximum Gasteiger partial charge on any atom is 0.311 e. The van der Waals surface area contributed by atoms with Crippen LogP contribution in [0.3, 0.4) is 0 Å². The second-order valence-corrected chi connectivity index (χ2v) is 10.2. The molecule has 39 heavy (non-hydrogen) atoms. The molecule has 2 amide bonds. The van der Waals surface area contributed by atoms with Crippen molar-refractivity contribution in [1.29, 1.82) is 0 Å². The first-order valence-electron chi connectivity index (χ1n) is 12.4. The molecule has 0 spiro atoms. The number of nitro groups is 1. The highest BCUT2D eigenvalue weighted by Crippen LogP contribution is 2.30. The summed E-state index contributed by atoms with van der Waals surface area (Å²) in [6.45, 7) is 5.98. The Hall–Kier alpha value is -4.73. The number of benzene rings is 3. The molecule has 1 heterocycles. The van der Waals surface area contributed by atoms with Crippen LogP contribution < -0.4 is 15.0 Å². The van der Waals surface area contributed by atoms with Crippen molar-refractivity contribution in [3.8, 4) is 11.5 Å². The molecule has 1 aliphatic rings. The van der Waals surface area contributed by atoms with Crippen molar-refractivity contribution in [3.05, 3.63) is 88.5 Å². The molecule has 4 rings (SSSR count). The molecule has 3 aromatic carbocycles. The lowest BCUT2D eigenvalue weighted by Crippen LogP contribution is -2.28. The van der Waals surface area contributed by atoms with Gasteiger partial charge < -0.3 is 19.7 Å². The van der Waals surface area contributed by atoms with Crippen LogP contribution in [0.15, 0.2) is 72.8 Å². The number of esters is 1. The smallest absolute Gasteiger partial charge is 0.311 e. The molecule has 0 radical (unpaired) electrons. The summed E-state index contributed by atoms with van der Waals surface area (Å²) in [7, 11) is 0. The molecule has 1 aliphatic heterocycles. The van der Waals surface area contributed by atoms with Gasteiger partial charge in [0.2, 0.25) is 5.91 Å². The van der Waals surface area contributed by atoms with Crippen molar-refractivity contribution in [2.75, 3.05) is 23.4 Å². The van der Waals surface area contributed by atoms with E-state index < -0.39 is 29.3 Å². The third-order valence-corrected chi connectivity index (χ3v) is 6.25. The summed E-state index contributed by atoms with van der Waals surface area (Å²) in [5, 5.41) is 13.3. The Kier molecular flexibility index (Phi) is 7.94. The number of rotatable bonds is 8. The highest BCUT2D eigenvalue weighted by molar-refractivity contribution is 6.00. The van der Waals surface area contributed by atoms with Gasteiger partial charge in [0.05, 0.1) is 10.8 Å². The van der Waals surface area contributed by atoms with Gasteiger partial charge in [-0.3, -0.25) is 24.5 Å². The van der Waals surface area contributed by atoms with E-state index in [1.54, 1.807) is 24.3 Å². The SMILES string of the molecule is CC(C)(C)c1ccc(Oc2ccc(N3C[C@H](C(=O)OCC(=O)Nc4cccc([N+](=O)[O-])c4)CC3=O)cc2)cc1. The number of non-ortho nitro benzene ring substituents is 1. The first kappa shape index (κ1) is 27.3. The second-order valence-electron chi connectivity index (χ2n) is 10.2. The Bertz CT molecular complexity index is 1380. The van der Waals surface area contributed by atoms with Crippen LogP contribution in [-0.2, 0) is 24.5 Å². The molecule has 0 saturated carbocycles. The van der Waals surface area contributed by atoms with Gasteiger partial charge in [-0.05, 0) is 53.4 Å². The van der Waals surface area contributed by atoms with E-state index in [4.69, 9.17) is 9.47 Å². The van der Waals surface area contributed by atoms with Crippen molar-refractivity contribution in [2.24, 2.45) is 5.92 Å². The Morgan fingerprint density at radius 3 is 2.28 bits per heavy atom. The standard InChI is InChI=1S/C29H29N3O7/c1-29(2,3)20-7-11-24(12-8-20)39-25-13-9-22(10-14-25)31-17-19(15-27(31)34)28(35)38-18-26(33)30-21-5-4-6-23(16-21)32(36)37/h4-14,16,19H,15,17-18H2,1-3H3,(H,30,33)/t19-/m1/s1. The molecular weight excluding hydrogens is 502 g/mol. The van der Waals surface area contributed by atoms with E-state index in [1.165, 1.54) is 34.7 Å². The summed E-state index contributed by atoms with van der Waals surface area (Å²) >= 11 is 0. The van der Waals surface area contributed by atoms with Gasteiger partial charge >= 0.3 is 5.97 Å². The van der Waals surface area contributed by atoms with Gasteiger partial charge in [-0.2, -0.15) is 0 Å². The Morgan fingerprint density at radius 2 is 1.67 bits per heavy atom. The third kappa shape index (κ3) is 6.98.